The molecule has 0 aromatic carbocycles. The maximum absolute atomic E-state index is 11.7. The summed E-state index contributed by atoms with van der Waals surface area (Å²) in [4.78, 5) is 34.3. The van der Waals surface area contributed by atoms with E-state index >= 15 is 0 Å². The van der Waals surface area contributed by atoms with Crippen molar-refractivity contribution >= 4 is 18.0 Å². The Labute approximate surface area is 113 Å². The molecule has 0 aromatic rings. The van der Waals surface area contributed by atoms with E-state index in [2.05, 4.69) is 15.4 Å². The van der Waals surface area contributed by atoms with Crippen molar-refractivity contribution in [3.63, 3.8) is 0 Å². The van der Waals surface area contributed by atoms with Gasteiger partial charge in [0.1, 0.15) is 17.7 Å². The van der Waals surface area contributed by atoms with Gasteiger partial charge in [-0.1, -0.05) is 0 Å². The lowest BCUT2D eigenvalue weighted by molar-refractivity contribution is -0.144. The Morgan fingerprint density at radius 1 is 1.00 bits per heavy atom. The van der Waals surface area contributed by atoms with Gasteiger partial charge in [0.2, 0.25) is 5.91 Å². The van der Waals surface area contributed by atoms with Crippen molar-refractivity contribution in [1.29, 1.82) is 0 Å². The molecule has 0 radical (unpaired) electrons. The standard InChI is InChI=1S/C12H22N2O5/c1-7(14-11(17)19-12(3,4)5)9(15)13-8(2)10(16)18-6/h7-8H,1-6H3,(H,13,15)(H,14,17)/t7-,8+/m0/s1. The number of alkyl carbamates (subject to hydrolysis) is 1. The van der Waals surface area contributed by atoms with Crippen LogP contribution in [0.4, 0.5) is 4.79 Å². The van der Waals surface area contributed by atoms with Gasteiger partial charge in [-0.3, -0.25) is 4.79 Å². The number of amides is 2. The SMILES string of the molecule is COC(=O)[C@@H](C)NC(=O)[C@H](C)NC(=O)OC(C)(C)C. The van der Waals surface area contributed by atoms with Crippen molar-refractivity contribution < 1.29 is 23.9 Å². The summed E-state index contributed by atoms with van der Waals surface area (Å²) in [5.74, 6) is -1.05. The van der Waals surface area contributed by atoms with Gasteiger partial charge in [0.15, 0.2) is 0 Å². The van der Waals surface area contributed by atoms with E-state index in [0.717, 1.165) is 0 Å². The number of nitrogens with one attached hydrogen (secondary N) is 2. The Hall–Kier alpha value is -1.79. The van der Waals surface area contributed by atoms with Crippen LogP contribution in [-0.2, 0) is 19.1 Å². The third-order valence-electron chi connectivity index (χ3n) is 2.04. The minimum absolute atomic E-state index is 0.497. The van der Waals surface area contributed by atoms with E-state index in [9.17, 15) is 14.4 Å². The maximum atomic E-state index is 11.7. The number of carbonyl (C=O) groups is 3. The Bertz CT molecular complexity index is 349. The monoisotopic (exact) mass is 274 g/mol. The molecule has 0 bridgehead atoms. The lowest BCUT2D eigenvalue weighted by Crippen LogP contribution is -2.50. The van der Waals surface area contributed by atoms with Crippen molar-refractivity contribution in [2.45, 2.75) is 52.3 Å². The number of carbonyl (C=O) groups excluding carboxylic acids is 3. The topological polar surface area (TPSA) is 93.7 Å². The van der Waals surface area contributed by atoms with Gasteiger partial charge in [-0.05, 0) is 34.6 Å². The van der Waals surface area contributed by atoms with Gasteiger partial charge in [0.05, 0.1) is 7.11 Å². The van der Waals surface area contributed by atoms with Gasteiger partial charge in [-0.15, -0.1) is 0 Å². The third kappa shape index (κ3) is 7.28. The molecule has 2 N–H and O–H groups in total. The van der Waals surface area contributed by atoms with Crippen molar-refractivity contribution in [2.24, 2.45) is 0 Å². The molecule has 0 rings (SSSR count). The normalized spacial score (nSPS) is 14.0. The molecule has 2 atom stereocenters. The van der Waals surface area contributed by atoms with Crippen LogP contribution in [-0.4, -0.2) is 42.8 Å². The highest BCUT2D eigenvalue weighted by molar-refractivity contribution is 5.89. The second-order valence-corrected chi connectivity index (χ2v) is 5.12. The Balaban J connectivity index is 4.28. The van der Waals surface area contributed by atoms with Gasteiger partial charge < -0.3 is 20.1 Å². The number of methoxy groups -OCH3 is 1. The van der Waals surface area contributed by atoms with Crippen LogP contribution >= 0.6 is 0 Å². The minimum atomic E-state index is -0.818. The van der Waals surface area contributed by atoms with E-state index in [0.29, 0.717) is 0 Å². The smallest absolute Gasteiger partial charge is 0.408 e. The van der Waals surface area contributed by atoms with Crippen molar-refractivity contribution in [3.05, 3.63) is 0 Å². The highest BCUT2D eigenvalue weighted by atomic mass is 16.6. The molecule has 19 heavy (non-hydrogen) atoms. The summed E-state index contributed by atoms with van der Waals surface area (Å²) in [7, 11) is 1.23. The Kier molecular flexibility index (Phi) is 6.31. The molecule has 7 nitrogen and oxygen atoms in total. The molecule has 0 aliphatic carbocycles. The molecule has 0 aliphatic rings. The predicted octanol–water partition coefficient (Wildman–Crippen LogP) is 0.577. The fourth-order valence-corrected chi connectivity index (χ4v) is 1.12. The van der Waals surface area contributed by atoms with Crippen molar-refractivity contribution in [3.8, 4) is 0 Å². The number of hydrogen-bond acceptors (Lipinski definition) is 5. The molecule has 110 valence electrons. The zero-order valence-corrected chi connectivity index (χ0v) is 12.2. The second-order valence-electron chi connectivity index (χ2n) is 5.12. The summed E-state index contributed by atoms with van der Waals surface area (Å²) >= 11 is 0. The van der Waals surface area contributed by atoms with Gasteiger partial charge in [0.25, 0.3) is 0 Å². The molecule has 0 fully saturated rings. The first-order valence-electron chi connectivity index (χ1n) is 5.94. The van der Waals surface area contributed by atoms with Crippen LogP contribution in [0.3, 0.4) is 0 Å². The Morgan fingerprint density at radius 3 is 1.95 bits per heavy atom. The number of rotatable bonds is 4. The van der Waals surface area contributed by atoms with Gasteiger partial charge >= 0.3 is 12.1 Å². The average molecular weight is 274 g/mol. The molecular formula is C12H22N2O5. The fraction of sp³-hybridized carbons (Fsp3) is 0.750. The predicted molar refractivity (Wildman–Crippen MR) is 68.5 cm³/mol. The molecule has 0 aromatic heterocycles. The van der Waals surface area contributed by atoms with Crippen LogP contribution in [0, 0.1) is 0 Å². The molecule has 0 saturated carbocycles. The molecule has 0 spiro atoms. The minimum Gasteiger partial charge on any atom is -0.467 e. The lowest BCUT2D eigenvalue weighted by atomic mass is 10.2. The molecule has 7 heteroatoms. The van der Waals surface area contributed by atoms with Gasteiger partial charge in [-0.25, -0.2) is 9.59 Å². The van der Waals surface area contributed by atoms with E-state index in [1.54, 1.807) is 20.8 Å². The number of hydrogen-bond donors (Lipinski definition) is 2. The summed E-state index contributed by atoms with van der Waals surface area (Å²) in [5, 5.41) is 4.79. The summed E-state index contributed by atoms with van der Waals surface area (Å²) < 4.78 is 9.48. The number of ether oxygens (including phenoxy) is 2. The van der Waals surface area contributed by atoms with E-state index in [1.165, 1.54) is 21.0 Å². The highest BCUT2D eigenvalue weighted by Gasteiger charge is 2.23. The first kappa shape index (κ1) is 17.2. The van der Waals surface area contributed by atoms with E-state index in [1.807, 2.05) is 0 Å². The maximum Gasteiger partial charge on any atom is 0.408 e. The van der Waals surface area contributed by atoms with Crippen LogP contribution < -0.4 is 10.6 Å². The zero-order valence-electron chi connectivity index (χ0n) is 12.2. The largest absolute Gasteiger partial charge is 0.467 e. The summed E-state index contributed by atoms with van der Waals surface area (Å²) in [6.07, 6.45) is -0.694. The molecule has 0 heterocycles. The first-order valence-corrected chi connectivity index (χ1v) is 5.94. The first-order chi connectivity index (χ1) is 8.56. The average Bonchev–Trinajstić information content (AvgIpc) is 2.24. The summed E-state index contributed by atoms with van der Waals surface area (Å²) in [5.41, 5.74) is -0.639. The van der Waals surface area contributed by atoms with Crippen LogP contribution in [0.2, 0.25) is 0 Å². The van der Waals surface area contributed by atoms with Gasteiger partial charge in [-0.2, -0.15) is 0 Å². The highest BCUT2D eigenvalue weighted by Crippen LogP contribution is 2.06. The van der Waals surface area contributed by atoms with Crippen LogP contribution in [0.5, 0.6) is 0 Å². The summed E-state index contributed by atoms with van der Waals surface area (Å²) in [6, 6.07) is -1.60. The van der Waals surface area contributed by atoms with Gasteiger partial charge in [0, 0.05) is 0 Å². The van der Waals surface area contributed by atoms with E-state index in [4.69, 9.17) is 4.74 Å². The molecule has 0 unspecified atom stereocenters. The van der Waals surface area contributed by atoms with Crippen LogP contribution in [0.1, 0.15) is 34.6 Å². The zero-order chi connectivity index (χ0) is 15.2. The van der Waals surface area contributed by atoms with Crippen LogP contribution in [0.25, 0.3) is 0 Å². The number of esters is 1. The van der Waals surface area contributed by atoms with E-state index in [-0.39, 0.29) is 0 Å². The molecular weight excluding hydrogens is 252 g/mol. The fourth-order valence-electron chi connectivity index (χ4n) is 1.12. The summed E-state index contributed by atoms with van der Waals surface area (Å²) in [6.45, 7) is 8.14. The van der Waals surface area contributed by atoms with E-state index < -0.39 is 35.7 Å². The Morgan fingerprint density at radius 2 is 1.53 bits per heavy atom. The molecule has 2 amide bonds. The van der Waals surface area contributed by atoms with Crippen LogP contribution in [0.15, 0.2) is 0 Å². The van der Waals surface area contributed by atoms with Crippen molar-refractivity contribution in [2.75, 3.05) is 7.11 Å². The third-order valence-corrected chi connectivity index (χ3v) is 2.04. The molecule has 0 aliphatic heterocycles. The van der Waals surface area contributed by atoms with Crippen molar-refractivity contribution in [1.82, 2.24) is 10.6 Å². The molecule has 0 saturated heterocycles. The quantitative estimate of drug-likeness (QED) is 0.731. The second kappa shape index (κ2) is 6.96. The lowest BCUT2D eigenvalue weighted by Gasteiger charge is -2.22.